The molecule has 0 bridgehead atoms. The summed E-state index contributed by atoms with van der Waals surface area (Å²) in [4.78, 5) is 25.8. The summed E-state index contributed by atoms with van der Waals surface area (Å²) in [5.74, 6) is 3.23. The molecule has 28 heavy (non-hydrogen) atoms. The van der Waals surface area contributed by atoms with E-state index in [-0.39, 0.29) is 0 Å². The standard InChI is InChI=1S/C21H27N5O2/c1-15-13-19(23-17-5-7-18(28-2)8-6-17)24-21(22-15)26-11-9-25(10-12-26)20(27)14-16-3-4-16/h5-8,13,16H,3-4,9-12,14H2,1-2H3,(H,22,23,24). The van der Waals surface area contributed by atoms with Gasteiger partial charge in [0, 0.05) is 50.0 Å². The highest BCUT2D eigenvalue weighted by atomic mass is 16.5. The number of methoxy groups -OCH3 is 1. The quantitative estimate of drug-likeness (QED) is 0.830. The van der Waals surface area contributed by atoms with Gasteiger partial charge in [-0.1, -0.05) is 0 Å². The van der Waals surface area contributed by atoms with Gasteiger partial charge in [0.05, 0.1) is 7.11 Å². The van der Waals surface area contributed by atoms with Crippen molar-refractivity contribution in [1.29, 1.82) is 0 Å². The van der Waals surface area contributed by atoms with Crippen LogP contribution in [0.2, 0.25) is 0 Å². The van der Waals surface area contributed by atoms with Crippen LogP contribution in [0.15, 0.2) is 30.3 Å². The third-order valence-electron chi connectivity index (χ3n) is 5.28. The summed E-state index contributed by atoms with van der Waals surface area (Å²) in [5.41, 5.74) is 1.86. The molecule has 1 aromatic carbocycles. The monoisotopic (exact) mass is 381 g/mol. The molecule has 0 spiro atoms. The lowest BCUT2D eigenvalue weighted by Crippen LogP contribution is -2.49. The number of amides is 1. The molecule has 1 aliphatic carbocycles. The average molecular weight is 381 g/mol. The van der Waals surface area contributed by atoms with Gasteiger partial charge in [0.2, 0.25) is 11.9 Å². The molecule has 0 unspecified atom stereocenters. The predicted molar refractivity (Wildman–Crippen MR) is 109 cm³/mol. The first-order valence-corrected chi connectivity index (χ1v) is 9.90. The number of ether oxygens (including phenoxy) is 1. The van der Waals surface area contributed by atoms with Crippen LogP contribution in [0.3, 0.4) is 0 Å². The van der Waals surface area contributed by atoms with Gasteiger partial charge in [-0.3, -0.25) is 4.79 Å². The third kappa shape index (κ3) is 4.52. The molecule has 2 aromatic rings. The van der Waals surface area contributed by atoms with Crippen LogP contribution in [0.25, 0.3) is 0 Å². The summed E-state index contributed by atoms with van der Waals surface area (Å²) in [6.45, 7) is 4.98. The number of piperazine rings is 1. The molecule has 0 radical (unpaired) electrons. The average Bonchev–Trinajstić information content (AvgIpc) is 3.52. The number of benzene rings is 1. The molecule has 2 heterocycles. The number of anilines is 3. The van der Waals surface area contributed by atoms with Gasteiger partial charge in [-0.2, -0.15) is 4.98 Å². The van der Waals surface area contributed by atoms with Crippen LogP contribution in [0, 0.1) is 12.8 Å². The van der Waals surface area contributed by atoms with Gasteiger partial charge in [-0.05, 0) is 49.9 Å². The van der Waals surface area contributed by atoms with E-state index in [2.05, 4.69) is 15.2 Å². The van der Waals surface area contributed by atoms with E-state index in [1.165, 1.54) is 12.8 Å². The Kier molecular flexibility index (Phi) is 5.32. The molecule has 1 aromatic heterocycles. The first kappa shape index (κ1) is 18.5. The van der Waals surface area contributed by atoms with E-state index < -0.39 is 0 Å². The minimum absolute atomic E-state index is 0.300. The molecule has 1 N–H and O–H groups in total. The summed E-state index contributed by atoms with van der Waals surface area (Å²) in [5, 5.41) is 3.33. The van der Waals surface area contributed by atoms with Crippen molar-refractivity contribution in [3.8, 4) is 5.75 Å². The van der Waals surface area contributed by atoms with E-state index in [4.69, 9.17) is 9.72 Å². The Bertz CT molecular complexity index is 827. The number of aryl methyl sites for hydroxylation is 1. The van der Waals surface area contributed by atoms with E-state index in [1.54, 1.807) is 7.11 Å². The molecule has 1 saturated carbocycles. The zero-order chi connectivity index (χ0) is 19.5. The number of nitrogens with zero attached hydrogens (tertiary/aromatic N) is 4. The number of hydrogen-bond donors (Lipinski definition) is 1. The number of rotatable bonds is 6. The molecular formula is C21H27N5O2. The lowest BCUT2D eigenvalue weighted by Gasteiger charge is -2.35. The van der Waals surface area contributed by atoms with Gasteiger partial charge >= 0.3 is 0 Å². The molecule has 4 rings (SSSR count). The van der Waals surface area contributed by atoms with Gasteiger partial charge in [0.25, 0.3) is 0 Å². The molecule has 2 aliphatic rings. The van der Waals surface area contributed by atoms with Gasteiger partial charge in [0.1, 0.15) is 11.6 Å². The molecule has 148 valence electrons. The minimum atomic E-state index is 0.300. The summed E-state index contributed by atoms with van der Waals surface area (Å²) < 4.78 is 5.20. The van der Waals surface area contributed by atoms with Crippen LogP contribution < -0.4 is 15.0 Å². The second kappa shape index (κ2) is 8.04. The summed E-state index contributed by atoms with van der Waals surface area (Å²) in [6, 6.07) is 9.67. The van der Waals surface area contributed by atoms with Crippen molar-refractivity contribution in [2.45, 2.75) is 26.2 Å². The van der Waals surface area contributed by atoms with Crippen molar-refractivity contribution in [2.24, 2.45) is 5.92 Å². The van der Waals surface area contributed by atoms with Crippen molar-refractivity contribution in [3.05, 3.63) is 36.0 Å². The van der Waals surface area contributed by atoms with Crippen LogP contribution in [0.1, 0.15) is 25.0 Å². The van der Waals surface area contributed by atoms with Gasteiger partial charge in [-0.15, -0.1) is 0 Å². The van der Waals surface area contributed by atoms with Gasteiger partial charge in [-0.25, -0.2) is 4.98 Å². The van der Waals surface area contributed by atoms with Crippen LogP contribution in [0.5, 0.6) is 5.75 Å². The van der Waals surface area contributed by atoms with Gasteiger partial charge in [0.15, 0.2) is 0 Å². The largest absolute Gasteiger partial charge is 0.497 e. The first-order valence-electron chi connectivity index (χ1n) is 9.90. The molecule has 7 heteroatoms. The number of hydrogen-bond acceptors (Lipinski definition) is 6. The SMILES string of the molecule is COc1ccc(Nc2cc(C)nc(N3CCN(C(=O)CC4CC4)CC3)n2)cc1. The Balaban J connectivity index is 1.40. The predicted octanol–water partition coefficient (Wildman–Crippen LogP) is 2.99. The maximum absolute atomic E-state index is 12.3. The number of carbonyl (C=O) groups excluding carboxylic acids is 1. The highest BCUT2D eigenvalue weighted by Crippen LogP contribution is 2.33. The maximum atomic E-state index is 12.3. The van der Waals surface area contributed by atoms with Crippen molar-refractivity contribution >= 4 is 23.4 Å². The van der Waals surface area contributed by atoms with E-state index in [9.17, 15) is 4.79 Å². The Morgan fingerprint density at radius 2 is 1.86 bits per heavy atom. The zero-order valence-electron chi connectivity index (χ0n) is 16.5. The molecule has 0 atom stereocenters. The Hall–Kier alpha value is -2.83. The lowest BCUT2D eigenvalue weighted by atomic mass is 10.2. The topological polar surface area (TPSA) is 70.6 Å². The van der Waals surface area contributed by atoms with Crippen molar-refractivity contribution in [3.63, 3.8) is 0 Å². The normalized spacial score (nSPS) is 16.8. The summed E-state index contributed by atoms with van der Waals surface area (Å²) in [7, 11) is 1.65. The molecular weight excluding hydrogens is 354 g/mol. The smallest absolute Gasteiger partial charge is 0.227 e. The number of nitrogens with one attached hydrogen (secondary N) is 1. The Morgan fingerprint density at radius 3 is 2.50 bits per heavy atom. The molecule has 7 nitrogen and oxygen atoms in total. The van der Waals surface area contributed by atoms with Crippen molar-refractivity contribution < 1.29 is 9.53 Å². The fourth-order valence-electron chi connectivity index (χ4n) is 3.43. The van der Waals surface area contributed by atoms with Gasteiger partial charge < -0.3 is 19.9 Å². The molecule has 1 amide bonds. The summed E-state index contributed by atoms with van der Waals surface area (Å²) in [6.07, 6.45) is 3.15. The fraction of sp³-hybridized carbons (Fsp3) is 0.476. The third-order valence-corrected chi connectivity index (χ3v) is 5.28. The molecule has 2 fully saturated rings. The van der Waals surface area contributed by atoms with Crippen molar-refractivity contribution in [1.82, 2.24) is 14.9 Å². The zero-order valence-corrected chi connectivity index (χ0v) is 16.5. The maximum Gasteiger partial charge on any atom is 0.227 e. The first-order chi connectivity index (χ1) is 13.6. The summed E-state index contributed by atoms with van der Waals surface area (Å²) >= 11 is 0. The Labute approximate surface area is 165 Å². The van der Waals surface area contributed by atoms with Crippen LogP contribution >= 0.6 is 0 Å². The highest BCUT2D eigenvalue weighted by Gasteiger charge is 2.29. The lowest BCUT2D eigenvalue weighted by molar-refractivity contribution is -0.131. The second-order valence-electron chi connectivity index (χ2n) is 7.56. The van der Waals surface area contributed by atoms with Crippen LogP contribution in [0.4, 0.5) is 17.5 Å². The van der Waals surface area contributed by atoms with E-state index >= 15 is 0 Å². The van der Waals surface area contributed by atoms with Crippen LogP contribution in [-0.4, -0.2) is 54.1 Å². The number of carbonyl (C=O) groups is 1. The van der Waals surface area contributed by atoms with E-state index in [0.29, 0.717) is 17.8 Å². The number of aromatic nitrogens is 2. The van der Waals surface area contributed by atoms with E-state index in [1.807, 2.05) is 42.2 Å². The molecule has 1 saturated heterocycles. The Morgan fingerprint density at radius 1 is 1.14 bits per heavy atom. The van der Waals surface area contributed by atoms with Crippen molar-refractivity contribution in [2.75, 3.05) is 43.5 Å². The minimum Gasteiger partial charge on any atom is -0.497 e. The molecule has 1 aliphatic heterocycles. The fourth-order valence-corrected chi connectivity index (χ4v) is 3.43. The van der Waals surface area contributed by atoms with Crippen LogP contribution in [-0.2, 0) is 4.79 Å². The highest BCUT2D eigenvalue weighted by molar-refractivity contribution is 5.77. The van der Waals surface area contributed by atoms with E-state index in [0.717, 1.165) is 55.5 Å². The second-order valence-corrected chi connectivity index (χ2v) is 7.56.